The molecule has 11 rings (SSSR count). The SMILES string of the molecule is N#Cc1cc(-c2nc(-c3ccccc3)nc(-c3ccccc3)n2)c2oc3ccccc3c2c1-n1c2ccccc2c2cc3c(cc21)oc1ccccc13. The number of fused-ring (bicyclic) bond motifs is 9. The molecule has 4 aromatic heterocycles. The number of furan rings is 2. The molecular formula is C46H25N5O2. The van der Waals surface area contributed by atoms with Gasteiger partial charge in [0.25, 0.3) is 0 Å². The summed E-state index contributed by atoms with van der Waals surface area (Å²) in [4.78, 5) is 15.0. The zero-order chi connectivity index (χ0) is 35.0. The van der Waals surface area contributed by atoms with Gasteiger partial charge in [-0.2, -0.15) is 5.26 Å². The maximum absolute atomic E-state index is 11.1. The number of nitriles is 1. The largest absolute Gasteiger partial charge is 0.456 e. The average Bonchev–Trinajstić information content (AvgIpc) is 3.89. The maximum atomic E-state index is 11.1. The zero-order valence-electron chi connectivity index (χ0n) is 28.0. The molecule has 0 saturated heterocycles. The van der Waals surface area contributed by atoms with Crippen molar-refractivity contribution in [3.05, 3.63) is 157 Å². The van der Waals surface area contributed by atoms with Crippen molar-refractivity contribution < 1.29 is 8.83 Å². The Labute approximate surface area is 301 Å². The molecular weight excluding hydrogens is 655 g/mol. The van der Waals surface area contributed by atoms with Crippen LogP contribution in [0.15, 0.2) is 160 Å². The van der Waals surface area contributed by atoms with E-state index < -0.39 is 0 Å². The van der Waals surface area contributed by atoms with Crippen molar-refractivity contribution in [1.29, 1.82) is 5.26 Å². The van der Waals surface area contributed by atoms with Crippen LogP contribution in [0.5, 0.6) is 0 Å². The first-order chi connectivity index (χ1) is 26.2. The summed E-state index contributed by atoms with van der Waals surface area (Å²) in [5.74, 6) is 1.47. The molecule has 0 bridgehead atoms. The molecule has 0 fully saturated rings. The van der Waals surface area contributed by atoms with E-state index in [0.29, 0.717) is 39.8 Å². The summed E-state index contributed by atoms with van der Waals surface area (Å²) < 4.78 is 15.3. The van der Waals surface area contributed by atoms with Gasteiger partial charge in [-0.25, -0.2) is 15.0 Å². The Hall–Kier alpha value is -7.56. The van der Waals surface area contributed by atoms with E-state index in [9.17, 15) is 5.26 Å². The fourth-order valence-electron chi connectivity index (χ4n) is 7.72. The zero-order valence-corrected chi connectivity index (χ0v) is 28.0. The predicted octanol–water partition coefficient (Wildman–Crippen LogP) is 11.6. The van der Waals surface area contributed by atoms with Crippen molar-refractivity contribution in [2.24, 2.45) is 0 Å². The summed E-state index contributed by atoms with van der Waals surface area (Å²) in [5.41, 5.74) is 8.26. The standard InChI is InChI=1S/C46H25N5O2/c47-26-29-23-35(46-49-44(27-13-3-1-4-14-27)48-45(50-46)28-15-5-2-6-16-28)43-41(32-19-9-12-22-39(32)53-43)42(29)51-36-20-10-7-17-30(36)33-24-34-31-18-8-11-21-38(31)52-40(34)25-37(33)51/h1-25H. The van der Waals surface area contributed by atoms with Gasteiger partial charge in [0.05, 0.1) is 33.2 Å². The summed E-state index contributed by atoms with van der Waals surface area (Å²) in [6, 6.07) is 52.8. The van der Waals surface area contributed by atoms with Gasteiger partial charge in [-0.1, -0.05) is 115 Å². The van der Waals surface area contributed by atoms with Crippen LogP contribution >= 0.6 is 0 Å². The molecule has 0 unspecified atom stereocenters. The average molecular weight is 680 g/mol. The lowest BCUT2D eigenvalue weighted by Gasteiger charge is -2.14. The molecule has 0 amide bonds. The van der Waals surface area contributed by atoms with Crippen LogP contribution in [0.3, 0.4) is 0 Å². The molecule has 7 aromatic carbocycles. The van der Waals surface area contributed by atoms with E-state index in [1.165, 1.54) is 0 Å². The van der Waals surface area contributed by atoms with Crippen LogP contribution in [0.2, 0.25) is 0 Å². The van der Waals surface area contributed by atoms with Gasteiger partial charge in [0.1, 0.15) is 28.4 Å². The maximum Gasteiger partial charge on any atom is 0.167 e. The number of para-hydroxylation sites is 3. The number of hydrogen-bond acceptors (Lipinski definition) is 6. The molecule has 53 heavy (non-hydrogen) atoms. The molecule has 0 saturated carbocycles. The quantitative estimate of drug-likeness (QED) is 0.184. The number of rotatable bonds is 4. The van der Waals surface area contributed by atoms with Crippen LogP contribution in [0.4, 0.5) is 0 Å². The molecule has 7 heteroatoms. The molecule has 0 aliphatic heterocycles. The molecule has 0 aliphatic rings. The number of hydrogen-bond donors (Lipinski definition) is 0. The van der Waals surface area contributed by atoms with Crippen molar-refractivity contribution in [3.63, 3.8) is 0 Å². The highest BCUT2D eigenvalue weighted by atomic mass is 16.3. The Morgan fingerprint density at radius 1 is 0.472 bits per heavy atom. The van der Waals surface area contributed by atoms with Crippen LogP contribution in [0.1, 0.15) is 5.56 Å². The van der Waals surface area contributed by atoms with Gasteiger partial charge in [0, 0.05) is 44.1 Å². The van der Waals surface area contributed by atoms with Gasteiger partial charge < -0.3 is 13.4 Å². The topological polar surface area (TPSA) is 93.7 Å². The van der Waals surface area contributed by atoms with Crippen molar-refractivity contribution in [1.82, 2.24) is 19.5 Å². The normalized spacial score (nSPS) is 11.8. The second-order valence-electron chi connectivity index (χ2n) is 13.1. The Morgan fingerprint density at radius 3 is 1.75 bits per heavy atom. The molecule has 0 atom stereocenters. The van der Waals surface area contributed by atoms with Crippen LogP contribution in [-0.2, 0) is 0 Å². The third-order valence-electron chi connectivity index (χ3n) is 10.1. The Balaban J connectivity index is 1.27. The minimum atomic E-state index is 0.413. The van der Waals surface area contributed by atoms with E-state index in [0.717, 1.165) is 71.3 Å². The van der Waals surface area contributed by atoms with E-state index >= 15 is 0 Å². The van der Waals surface area contributed by atoms with E-state index in [4.69, 9.17) is 23.8 Å². The van der Waals surface area contributed by atoms with Gasteiger partial charge in [0.15, 0.2) is 17.5 Å². The minimum absolute atomic E-state index is 0.413. The smallest absolute Gasteiger partial charge is 0.167 e. The van der Waals surface area contributed by atoms with Gasteiger partial charge >= 0.3 is 0 Å². The summed E-state index contributed by atoms with van der Waals surface area (Å²) >= 11 is 0. The van der Waals surface area contributed by atoms with Gasteiger partial charge in [-0.15, -0.1) is 0 Å². The van der Waals surface area contributed by atoms with Crippen LogP contribution in [0.25, 0.3) is 106 Å². The highest BCUT2D eigenvalue weighted by molar-refractivity contribution is 6.20. The monoisotopic (exact) mass is 679 g/mol. The summed E-state index contributed by atoms with van der Waals surface area (Å²) in [5, 5.41) is 17.0. The Bertz CT molecular complexity index is 3240. The Kier molecular flexibility index (Phi) is 6.18. The fourth-order valence-corrected chi connectivity index (χ4v) is 7.72. The van der Waals surface area contributed by atoms with Crippen molar-refractivity contribution in [2.75, 3.05) is 0 Å². The highest BCUT2D eigenvalue weighted by Gasteiger charge is 2.26. The van der Waals surface area contributed by atoms with E-state index in [1.807, 2.05) is 115 Å². The van der Waals surface area contributed by atoms with E-state index in [1.54, 1.807) is 0 Å². The number of nitrogens with zero attached hydrogens (tertiary/aromatic N) is 5. The minimum Gasteiger partial charge on any atom is -0.456 e. The predicted molar refractivity (Wildman–Crippen MR) is 210 cm³/mol. The number of benzene rings is 7. The van der Waals surface area contributed by atoms with Crippen LogP contribution in [-0.4, -0.2) is 19.5 Å². The number of aromatic nitrogens is 4. The van der Waals surface area contributed by atoms with Crippen molar-refractivity contribution in [3.8, 4) is 45.9 Å². The van der Waals surface area contributed by atoms with Gasteiger partial charge in [-0.3, -0.25) is 0 Å². The Morgan fingerprint density at radius 2 is 1.06 bits per heavy atom. The lowest BCUT2D eigenvalue weighted by molar-refractivity contribution is 0.669. The second-order valence-corrected chi connectivity index (χ2v) is 13.1. The molecule has 0 aliphatic carbocycles. The van der Waals surface area contributed by atoms with Crippen LogP contribution in [0, 0.1) is 11.3 Å². The van der Waals surface area contributed by atoms with E-state index in [2.05, 4.69) is 47.0 Å². The summed E-state index contributed by atoms with van der Waals surface area (Å²) in [6.07, 6.45) is 0. The van der Waals surface area contributed by atoms with Gasteiger partial charge in [-0.05, 0) is 30.3 Å². The van der Waals surface area contributed by atoms with Crippen molar-refractivity contribution >= 4 is 65.7 Å². The third kappa shape index (κ3) is 4.36. The lowest BCUT2D eigenvalue weighted by atomic mass is 10.0. The molecule has 0 N–H and O–H groups in total. The summed E-state index contributed by atoms with van der Waals surface area (Å²) in [6.45, 7) is 0. The first-order valence-corrected chi connectivity index (χ1v) is 17.3. The van der Waals surface area contributed by atoms with E-state index in [-0.39, 0.29) is 0 Å². The molecule has 11 aromatic rings. The fraction of sp³-hybridized carbons (Fsp3) is 0. The molecule has 4 heterocycles. The molecule has 7 nitrogen and oxygen atoms in total. The first kappa shape index (κ1) is 29.2. The molecule has 0 radical (unpaired) electrons. The highest BCUT2D eigenvalue weighted by Crippen LogP contribution is 2.45. The summed E-state index contributed by atoms with van der Waals surface area (Å²) in [7, 11) is 0. The third-order valence-corrected chi connectivity index (χ3v) is 10.1. The first-order valence-electron chi connectivity index (χ1n) is 17.3. The van der Waals surface area contributed by atoms with Gasteiger partial charge in [0.2, 0.25) is 0 Å². The van der Waals surface area contributed by atoms with Crippen molar-refractivity contribution in [2.45, 2.75) is 0 Å². The second kappa shape index (κ2) is 11.2. The molecule has 0 spiro atoms. The lowest BCUT2D eigenvalue weighted by Crippen LogP contribution is -2.03. The van der Waals surface area contributed by atoms with Crippen LogP contribution < -0.4 is 0 Å². The molecule has 246 valence electrons.